The van der Waals surface area contributed by atoms with Crippen molar-refractivity contribution in [2.75, 3.05) is 31.6 Å². The number of β-amino-alcohol motifs (C(OH)–C–C–N with tert-alkyl or cyclic N) is 1. The average Bonchev–Trinajstić information content (AvgIpc) is 2.84. The maximum atomic E-state index is 12.1. The monoisotopic (exact) mass is 248 g/mol. The number of amides is 1. The highest BCUT2D eigenvalue weighted by Crippen LogP contribution is 2.17. The minimum atomic E-state index is -0.362. The Morgan fingerprint density at radius 1 is 1.44 bits per heavy atom. The van der Waals surface area contributed by atoms with Crippen molar-refractivity contribution in [2.45, 2.75) is 19.4 Å². The predicted octanol–water partition coefficient (Wildman–Crippen LogP) is 1.35. The molecular formula is C14H20N2O2. The van der Waals surface area contributed by atoms with Crippen molar-refractivity contribution in [3.8, 4) is 0 Å². The van der Waals surface area contributed by atoms with Crippen LogP contribution in [0.5, 0.6) is 0 Å². The first-order valence-electron chi connectivity index (χ1n) is 6.40. The summed E-state index contributed by atoms with van der Waals surface area (Å²) in [5, 5.41) is 9.44. The normalized spacial score (nSPS) is 19.1. The van der Waals surface area contributed by atoms with E-state index in [-0.39, 0.29) is 12.0 Å². The van der Waals surface area contributed by atoms with E-state index in [2.05, 4.69) is 11.8 Å². The standard InChI is InChI=1S/C14H20N2O2/c1-3-15(2)12-6-4-11(5-7-12)14(18)16-9-8-13(17)10-16/h4-7,13,17H,3,8-10H2,1-2H3/t13-/m0/s1. The van der Waals surface area contributed by atoms with Crippen molar-refractivity contribution in [1.29, 1.82) is 0 Å². The van der Waals surface area contributed by atoms with E-state index < -0.39 is 0 Å². The van der Waals surface area contributed by atoms with Gasteiger partial charge in [0.15, 0.2) is 0 Å². The zero-order valence-corrected chi connectivity index (χ0v) is 11.0. The molecule has 98 valence electrons. The summed E-state index contributed by atoms with van der Waals surface area (Å²) >= 11 is 0. The Labute approximate surface area is 108 Å². The first-order valence-corrected chi connectivity index (χ1v) is 6.40. The molecule has 1 amide bonds. The van der Waals surface area contributed by atoms with Crippen LogP contribution in [-0.4, -0.2) is 48.7 Å². The molecule has 0 aromatic heterocycles. The third kappa shape index (κ3) is 2.64. The molecule has 1 heterocycles. The molecule has 1 aliphatic heterocycles. The number of aliphatic hydroxyl groups is 1. The van der Waals surface area contributed by atoms with Crippen LogP contribution in [0.4, 0.5) is 5.69 Å². The van der Waals surface area contributed by atoms with Crippen molar-refractivity contribution in [2.24, 2.45) is 0 Å². The summed E-state index contributed by atoms with van der Waals surface area (Å²) in [6.45, 7) is 4.13. The molecule has 1 aromatic carbocycles. The maximum absolute atomic E-state index is 12.1. The number of carbonyl (C=O) groups is 1. The zero-order chi connectivity index (χ0) is 13.1. The predicted molar refractivity (Wildman–Crippen MR) is 71.9 cm³/mol. The van der Waals surface area contributed by atoms with Gasteiger partial charge in [0.25, 0.3) is 5.91 Å². The Bertz CT molecular complexity index is 416. The minimum Gasteiger partial charge on any atom is -0.391 e. The lowest BCUT2D eigenvalue weighted by Crippen LogP contribution is -2.29. The van der Waals surface area contributed by atoms with Gasteiger partial charge >= 0.3 is 0 Å². The van der Waals surface area contributed by atoms with E-state index in [1.807, 2.05) is 31.3 Å². The molecule has 2 rings (SSSR count). The van der Waals surface area contributed by atoms with E-state index >= 15 is 0 Å². The Morgan fingerprint density at radius 2 is 2.11 bits per heavy atom. The SMILES string of the molecule is CCN(C)c1ccc(C(=O)N2CC[C@H](O)C2)cc1. The number of anilines is 1. The number of hydrogen-bond acceptors (Lipinski definition) is 3. The summed E-state index contributed by atoms with van der Waals surface area (Å²) in [5.74, 6) is 0.0113. The van der Waals surface area contributed by atoms with Gasteiger partial charge in [0.2, 0.25) is 0 Å². The van der Waals surface area contributed by atoms with Crippen LogP contribution in [0.25, 0.3) is 0 Å². The number of rotatable bonds is 3. The van der Waals surface area contributed by atoms with Gasteiger partial charge < -0.3 is 14.9 Å². The number of likely N-dealkylation sites (tertiary alicyclic amines) is 1. The molecule has 0 bridgehead atoms. The Balaban J connectivity index is 2.07. The van der Waals surface area contributed by atoms with Gasteiger partial charge in [-0.1, -0.05) is 0 Å². The van der Waals surface area contributed by atoms with Gasteiger partial charge in [0, 0.05) is 37.9 Å². The topological polar surface area (TPSA) is 43.8 Å². The Morgan fingerprint density at radius 3 is 2.61 bits per heavy atom. The summed E-state index contributed by atoms with van der Waals surface area (Å²) < 4.78 is 0. The zero-order valence-electron chi connectivity index (χ0n) is 11.0. The lowest BCUT2D eigenvalue weighted by Gasteiger charge is -2.18. The van der Waals surface area contributed by atoms with Gasteiger partial charge in [-0.3, -0.25) is 4.79 Å². The smallest absolute Gasteiger partial charge is 0.253 e. The molecular weight excluding hydrogens is 228 g/mol. The van der Waals surface area contributed by atoms with Gasteiger partial charge in [-0.25, -0.2) is 0 Å². The lowest BCUT2D eigenvalue weighted by molar-refractivity contribution is 0.0765. The van der Waals surface area contributed by atoms with Crippen molar-refractivity contribution >= 4 is 11.6 Å². The third-order valence-electron chi connectivity index (χ3n) is 3.48. The number of nitrogens with zero attached hydrogens (tertiary/aromatic N) is 2. The van der Waals surface area contributed by atoms with Gasteiger partial charge in [-0.05, 0) is 37.6 Å². The van der Waals surface area contributed by atoms with Crippen LogP contribution in [-0.2, 0) is 0 Å². The minimum absolute atomic E-state index is 0.0113. The highest BCUT2D eigenvalue weighted by atomic mass is 16.3. The van der Waals surface area contributed by atoms with Gasteiger partial charge in [0.05, 0.1) is 6.10 Å². The fourth-order valence-corrected chi connectivity index (χ4v) is 2.15. The number of hydrogen-bond donors (Lipinski definition) is 1. The van der Waals surface area contributed by atoms with Crippen molar-refractivity contribution in [3.05, 3.63) is 29.8 Å². The lowest BCUT2D eigenvalue weighted by atomic mass is 10.1. The van der Waals surface area contributed by atoms with E-state index in [1.54, 1.807) is 4.90 Å². The average molecular weight is 248 g/mol. The molecule has 0 spiro atoms. The van der Waals surface area contributed by atoms with Crippen LogP contribution >= 0.6 is 0 Å². The van der Waals surface area contributed by atoms with Crippen LogP contribution in [0.1, 0.15) is 23.7 Å². The summed E-state index contributed by atoms with van der Waals surface area (Å²) in [6, 6.07) is 7.63. The fourth-order valence-electron chi connectivity index (χ4n) is 2.15. The first kappa shape index (κ1) is 12.9. The second-order valence-corrected chi connectivity index (χ2v) is 4.75. The molecule has 0 unspecified atom stereocenters. The first-order chi connectivity index (χ1) is 8.61. The van der Waals surface area contributed by atoms with E-state index in [0.717, 1.165) is 12.2 Å². The summed E-state index contributed by atoms with van der Waals surface area (Å²) in [5.41, 5.74) is 1.80. The Kier molecular flexibility index (Phi) is 3.87. The molecule has 1 atom stereocenters. The molecule has 1 saturated heterocycles. The number of benzene rings is 1. The van der Waals surface area contributed by atoms with E-state index in [9.17, 15) is 9.90 Å². The van der Waals surface area contributed by atoms with Gasteiger partial charge in [-0.2, -0.15) is 0 Å². The quantitative estimate of drug-likeness (QED) is 0.878. The third-order valence-corrected chi connectivity index (χ3v) is 3.48. The van der Waals surface area contributed by atoms with Gasteiger partial charge in [-0.15, -0.1) is 0 Å². The molecule has 0 saturated carbocycles. The van der Waals surface area contributed by atoms with Crippen LogP contribution in [0.15, 0.2) is 24.3 Å². The van der Waals surface area contributed by atoms with E-state index in [0.29, 0.717) is 25.1 Å². The molecule has 1 aromatic rings. The van der Waals surface area contributed by atoms with Crippen molar-refractivity contribution < 1.29 is 9.90 Å². The van der Waals surface area contributed by atoms with Crippen LogP contribution in [0.2, 0.25) is 0 Å². The van der Waals surface area contributed by atoms with E-state index in [1.165, 1.54) is 0 Å². The maximum Gasteiger partial charge on any atom is 0.253 e. The largest absolute Gasteiger partial charge is 0.391 e. The fraction of sp³-hybridized carbons (Fsp3) is 0.500. The molecule has 1 aliphatic rings. The number of carbonyl (C=O) groups excluding carboxylic acids is 1. The second kappa shape index (κ2) is 5.40. The highest BCUT2D eigenvalue weighted by Gasteiger charge is 2.25. The molecule has 18 heavy (non-hydrogen) atoms. The molecule has 4 heteroatoms. The molecule has 4 nitrogen and oxygen atoms in total. The number of aliphatic hydroxyl groups excluding tert-OH is 1. The summed E-state index contributed by atoms with van der Waals surface area (Å²) in [7, 11) is 2.02. The molecule has 0 aliphatic carbocycles. The molecule has 1 N–H and O–H groups in total. The molecule has 1 fully saturated rings. The van der Waals surface area contributed by atoms with Crippen LogP contribution in [0, 0.1) is 0 Å². The van der Waals surface area contributed by atoms with Crippen LogP contribution < -0.4 is 4.90 Å². The van der Waals surface area contributed by atoms with Crippen molar-refractivity contribution in [1.82, 2.24) is 4.90 Å². The van der Waals surface area contributed by atoms with Gasteiger partial charge in [0.1, 0.15) is 0 Å². The molecule has 0 radical (unpaired) electrons. The second-order valence-electron chi connectivity index (χ2n) is 4.75. The van der Waals surface area contributed by atoms with Crippen LogP contribution in [0.3, 0.4) is 0 Å². The summed E-state index contributed by atoms with van der Waals surface area (Å²) in [4.78, 5) is 16.0. The van der Waals surface area contributed by atoms with Crippen molar-refractivity contribution in [3.63, 3.8) is 0 Å². The summed E-state index contributed by atoms with van der Waals surface area (Å²) in [6.07, 6.45) is 0.321. The Hall–Kier alpha value is -1.55. The van der Waals surface area contributed by atoms with E-state index in [4.69, 9.17) is 0 Å². The highest BCUT2D eigenvalue weighted by molar-refractivity contribution is 5.94.